The molecule has 3 nitrogen and oxygen atoms in total. The summed E-state index contributed by atoms with van der Waals surface area (Å²) < 4.78 is 5.38. The molecule has 4 heteroatoms. The molecule has 1 fully saturated rings. The van der Waals surface area contributed by atoms with Crippen LogP contribution < -0.4 is 0 Å². The van der Waals surface area contributed by atoms with Crippen molar-refractivity contribution in [1.82, 2.24) is 9.88 Å². The average molecular weight is 255 g/mol. The number of hydrogen-bond donors (Lipinski definition) is 0. The molecule has 17 heavy (non-hydrogen) atoms. The van der Waals surface area contributed by atoms with Gasteiger partial charge in [-0.25, -0.2) is 4.98 Å². The van der Waals surface area contributed by atoms with E-state index in [4.69, 9.17) is 16.3 Å². The molecule has 1 aliphatic heterocycles. The molecule has 0 bridgehead atoms. The van der Waals surface area contributed by atoms with Crippen molar-refractivity contribution in [2.24, 2.45) is 0 Å². The van der Waals surface area contributed by atoms with Gasteiger partial charge in [-0.2, -0.15) is 0 Å². The Morgan fingerprint density at radius 1 is 1.41 bits per heavy atom. The Labute approximate surface area is 108 Å². The lowest BCUT2D eigenvalue weighted by Gasteiger charge is -2.35. The molecule has 1 saturated heterocycles. The Kier molecular flexibility index (Phi) is 4.37. The molecular weight excluding hydrogens is 236 g/mol. The van der Waals surface area contributed by atoms with Crippen molar-refractivity contribution in [2.75, 3.05) is 20.2 Å². The van der Waals surface area contributed by atoms with Gasteiger partial charge >= 0.3 is 0 Å². The summed E-state index contributed by atoms with van der Waals surface area (Å²) >= 11 is 5.80. The van der Waals surface area contributed by atoms with Crippen molar-refractivity contribution in [3.05, 3.63) is 29.0 Å². The zero-order valence-electron chi connectivity index (χ0n) is 10.4. The van der Waals surface area contributed by atoms with Crippen molar-refractivity contribution >= 4 is 11.6 Å². The molecule has 1 aromatic rings. The monoisotopic (exact) mass is 254 g/mol. The highest BCUT2D eigenvalue weighted by molar-refractivity contribution is 6.29. The average Bonchev–Trinajstić information content (AvgIpc) is 2.39. The Balaban J connectivity index is 1.96. The summed E-state index contributed by atoms with van der Waals surface area (Å²) in [6.45, 7) is 4.39. The van der Waals surface area contributed by atoms with Gasteiger partial charge in [0.1, 0.15) is 5.15 Å². The molecule has 2 rings (SSSR count). The van der Waals surface area contributed by atoms with Crippen LogP contribution in [0.25, 0.3) is 0 Å². The van der Waals surface area contributed by atoms with Crippen molar-refractivity contribution in [2.45, 2.75) is 31.9 Å². The van der Waals surface area contributed by atoms with Gasteiger partial charge in [0.15, 0.2) is 0 Å². The highest BCUT2D eigenvalue weighted by atomic mass is 35.5. The molecule has 1 unspecified atom stereocenters. The van der Waals surface area contributed by atoms with Gasteiger partial charge in [-0.3, -0.25) is 4.90 Å². The van der Waals surface area contributed by atoms with Gasteiger partial charge in [0, 0.05) is 32.4 Å². The number of halogens is 1. The van der Waals surface area contributed by atoms with Crippen LogP contribution in [0.5, 0.6) is 0 Å². The summed E-state index contributed by atoms with van der Waals surface area (Å²) in [5.41, 5.74) is 1.23. The van der Waals surface area contributed by atoms with Crippen LogP contribution in [0.1, 0.15) is 31.4 Å². The summed E-state index contributed by atoms with van der Waals surface area (Å²) in [7, 11) is 1.80. The van der Waals surface area contributed by atoms with E-state index in [9.17, 15) is 0 Å². The number of methoxy groups -OCH3 is 1. The summed E-state index contributed by atoms with van der Waals surface area (Å²) in [6.07, 6.45) is 4.53. The Hall–Kier alpha value is -0.640. The molecule has 94 valence electrons. The summed E-state index contributed by atoms with van der Waals surface area (Å²) in [5, 5.41) is 0.555. The maximum Gasteiger partial charge on any atom is 0.129 e. The molecule has 1 aromatic heterocycles. The van der Waals surface area contributed by atoms with E-state index >= 15 is 0 Å². The first-order valence-electron chi connectivity index (χ1n) is 6.09. The fourth-order valence-corrected chi connectivity index (χ4v) is 2.46. The van der Waals surface area contributed by atoms with E-state index in [1.165, 1.54) is 5.56 Å². The van der Waals surface area contributed by atoms with E-state index in [2.05, 4.69) is 22.9 Å². The Morgan fingerprint density at radius 3 is 2.65 bits per heavy atom. The molecule has 0 amide bonds. The Morgan fingerprint density at radius 2 is 2.12 bits per heavy atom. The molecular formula is C13H19ClN2O. The second-order valence-corrected chi connectivity index (χ2v) is 4.95. The molecule has 2 heterocycles. The van der Waals surface area contributed by atoms with Gasteiger partial charge in [-0.15, -0.1) is 0 Å². The lowest BCUT2D eigenvalue weighted by Crippen LogP contribution is -2.38. The number of pyridine rings is 1. The van der Waals surface area contributed by atoms with Gasteiger partial charge in [-0.1, -0.05) is 17.7 Å². The number of ether oxygens (including phenoxy) is 1. The molecule has 0 aromatic carbocycles. The number of rotatable bonds is 3. The van der Waals surface area contributed by atoms with Gasteiger partial charge in [0.2, 0.25) is 0 Å². The fraction of sp³-hybridized carbons (Fsp3) is 0.615. The first-order valence-corrected chi connectivity index (χ1v) is 6.47. The largest absolute Gasteiger partial charge is 0.381 e. The van der Waals surface area contributed by atoms with Crippen LogP contribution in [0.3, 0.4) is 0 Å². The van der Waals surface area contributed by atoms with Gasteiger partial charge in [-0.05, 0) is 31.4 Å². The van der Waals surface area contributed by atoms with Crippen LogP contribution in [0, 0.1) is 0 Å². The van der Waals surface area contributed by atoms with Crippen molar-refractivity contribution in [1.29, 1.82) is 0 Å². The maximum atomic E-state index is 5.80. The van der Waals surface area contributed by atoms with E-state index in [-0.39, 0.29) is 0 Å². The quantitative estimate of drug-likeness (QED) is 0.776. The van der Waals surface area contributed by atoms with Crippen LogP contribution in [0.2, 0.25) is 5.15 Å². The van der Waals surface area contributed by atoms with Crippen LogP contribution in [-0.2, 0) is 4.74 Å². The third-order valence-electron chi connectivity index (χ3n) is 3.59. The number of nitrogens with zero attached hydrogens (tertiary/aromatic N) is 2. The van der Waals surface area contributed by atoms with E-state index < -0.39 is 0 Å². The first kappa shape index (κ1) is 12.8. The van der Waals surface area contributed by atoms with Crippen molar-refractivity contribution in [3.8, 4) is 0 Å². The van der Waals surface area contributed by atoms with Crippen LogP contribution in [0.15, 0.2) is 18.3 Å². The summed E-state index contributed by atoms with van der Waals surface area (Å²) in [5.74, 6) is 0. The second kappa shape index (κ2) is 5.80. The van der Waals surface area contributed by atoms with Crippen LogP contribution >= 0.6 is 11.6 Å². The molecule has 0 aliphatic carbocycles. The maximum absolute atomic E-state index is 5.80. The topological polar surface area (TPSA) is 25.4 Å². The first-order chi connectivity index (χ1) is 8.20. The minimum atomic E-state index is 0.401. The van der Waals surface area contributed by atoms with Gasteiger partial charge in [0.25, 0.3) is 0 Å². The SMILES string of the molecule is COC1CCN(C(C)c2ccc(Cl)nc2)CC1. The number of hydrogen-bond acceptors (Lipinski definition) is 3. The zero-order chi connectivity index (χ0) is 12.3. The summed E-state index contributed by atoms with van der Waals surface area (Å²) in [4.78, 5) is 6.61. The van der Waals surface area contributed by atoms with Crippen molar-refractivity contribution < 1.29 is 4.74 Å². The highest BCUT2D eigenvalue weighted by Gasteiger charge is 2.23. The smallest absolute Gasteiger partial charge is 0.129 e. The van der Waals surface area contributed by atoms with E-state index in [0.717, 1.165) is 25.9 Å². The minimum Gasteiger partial charge on any atom is -0.381 e. The molecule has 0 N–H and O–H groups in total. The predicted octanol–water partition coefficient (Wildman–Crippen LogP) is 2.91. The highest BCUT2D eigenvalue weighted by Crippen LogP contribution is 2.24. The van der Waals surface area contributed by atoms with Gasteiger partial charge < -0.3 is 4.74 Å². The number of likely N-dealkylation sites (tertiary alicyclic amines) is 1. The number of piperidine rings is 1. The van der Waals surface area contributed by atoms with E-state index in [1.54, 1.807) is 7.11 Å². The van der Waals surface area contributed by atoms with Gasteiger partial charge in [0.05, 0.1) is 6.10 Å². The van der Waals surface area contributed by atoms with E-state index in [0.29, 0.717) is 17.3 Å². The third kappa shape index (κ3) is 3.18. The fourth-order valence-electron chi connectivity index (χ4n) is 2.34. The molecule has 0 radical (unpaired) electrons. The van der Waals surface area contributed by atoms with Crippen LogP contribution in [0.4, 0.5) is 0 Å². The van der Waals surface area contributed by atoms with Crippen molar-refractivity contribution in [3.63, 3.8) is 0 Å². The normalized spacial score (nSPS) is 20.4. The molecule has 0 spiro atoms. The number of aromatic nitrogens is 1. The lowest BCUT2D eigenvalue weighted by molar-refractivity contribution is 0.0294. The minimum absolute atomic E-state index is 0.401. The standard InChI is InChI=1S/C13H19ClN2O/c1-10(11-3-4-13(14)15-9-11)16-7-5-12(17-2)6-8-16/h3-4,9-10,12H,5-8H2,1-2H3. The second-order valence-electron chi connectivity index (χ2n) is 4.56. The van der Waals surface area contributed by atoms with Crippen LogP contribution in [-0.4, -0.2) is 36.2 Å². The lowest BCUT2D eigenvalue weighted by atomic mass is 10.0. The molecule has 1 atom stereocenters. The summed E-state index contributed by atoms with van der Waals surface area (Å²) in [6, 6.07) is 4.31. The zero-order valence-corrected chi connectivity index (χ0v) is 11.2. The molecule has 1 aliphatic rings. The third-order valence-corrected chi connectivity index (χ3v) is 3.81. The van der Waals surface area contributed by atoms with E-state index in [1.807, 2.05) is 12.3 Å². The molecule has 0 saturated carbocycles. The predicted molar refractivity (Wildman–Crippen MR) is 69.3 cm³/mol. The Bertz CT molecular complexity index is 347.